The Morgan fingerprint density at radius 2 is 1.96 bits per heavy atom. The summed E-state index contributed by atoms with van der Waals surface area (Å²) < 4.78 is 24.7. The second-order valence-electron chi connectivity index (χ2n) is 6.11. The number of rotatable bonds is 5. The zero-order valence-corrected chi connectivity index (χ0v) is 15.7. The van der Waals surface area contributed by atoms with E-state index in [1.54, 1.807) is 13.0 Å². The standard InChI is InChI=1S/C20H15ClFNO5/c1-10-5-20(26)28-18-8-19(15(21)7-14(10)18)27-9-17(25)13-4-3-12(6-16(13)22)23-11(2)24/h3-8H,9H2,1-2H3,(H,23,24). The SMILES string of the molecule is CC(=O)Nc1ccc(C(=O)COc2cc3oc(=O)cc(C)c3cc2Cl)c(F)c1. The van der Waals surface area contributed by atoms with Gasteiger partial charge in [-0.1, -0.05) is 11.6 Å². The number of hydrogen-bond acceptors (Lipinski definition) is 5. The average molecular weight is 404 g/mol. The first kappa shape index (κ1) is 19.6. The summed E-state index contributed by atoms with van der Waals surface area (Å²) >= 11 is 6.17. The van der Waals surface area contributed by atoms with Gasteiger partial charge in [0, 0.05) is 30.1 Å². The molecule has 8 heteroatoms. The van der Waals surface area contributed by atoms with Gasteiger partial charge in [0.15, 0.2) is 6.61 Å². The van der Waals surface area contributed by atoms with Crippen LogP contribution in [0.2, 0.25) is 5.02 Å². The van der Waals surface area contributed by atoms with Gasteiger partial charge in [-0.05, 0) is 36.8 Å². The van der Waals surface area contributed by atoms with E-state index in [0.717, 1.165) is 6.07 Å². The Morgan fingerprint density at radius 3 is 2.64 bits per heavy atom. The highest BCUT2D eigenvalue weighted by atomic mass is 35.5. The number of amides is 1. The third-order valence-corrected chi connectivity index (χ3v) is 4.25. The van der Waals surface area contributed by atoms with E-state index in [1.165, 1.54) is 31.2 Å². The molecule has 2 aromatic carbocycles. The Kier molecular flexibility index (Phi) is 5.46. The van der Waals surface area contributed by atoms with E-state index in [4.69, 9.17) is 20.8 Å². The maximum atomic E-state index is 14.1. The van der Waals surface area contributed by atoms with Crippen molar-refractivity contribution in [2.24, 2.45) is 0 Å². The Balaban J connectivity index is 1.80. The summed E-state index contributed by atoms with van der Waals surface area (Å²) in [7, 11) is 0. The highest BCUT2D eigenvalue weighted by Crippen LogP contribution is 2.31. The van der Waals surface area contributed by atoms with Crippen molar-refractivity contribution in [3.05, 3.63) is 68.8 Å². The van der Waals surface area contributed by atoms with Crippen molar-refractivity contribution in [2.75, 3.05) is 11.9 Å². The molecule has 0 unspecified atom stereocenters. The molecule has 0 atom stereocenters. The van der Waals surface area contributed by atoms with Crippen LogP contribution in [0.15, 0.2) is 45.6 Å². The van der Waals surface area contributed by atoms with Gasteiger partial charge in [-0.3, -0.25) is 9.59 Å². The van der Waals surface area contributed by atoms with Crippen LogP contribution >= 0.6 is 11.6 Å². The van der Waals surface area contributed by atoms with Crippen LogP contribution in [0, 0.1) is 12.7 Å². The van der Waals surface area contributed by atoms with Crippen molar-refractivity contribution >= 4 is 39.9 Å². The number of ether oxygens (including phenoxy) is 1. The molecule has 1 heterocycles. The van der Waals surface area contributed by atoms with Crippen LogP contribution in [0.5, 0.6) is 5.75 Å². The number of aryl methyl sites for hydroxylation is 1. The number of hydrogen-bond donors (Lipinski definition) is 1. The Labute approximate surface area is 163 Å². The molecule has 0 aliphatic carbocycles. The third kappa shape index (κ3) is 4.20. The van der Waals surface area contributed by atoms with Gasteiger partial charge in [-0.15, -0.1) is 0 Å². The van der Waals surface area contributed by atoms with Gasteiger partial charge in [0.1, 0.15) is 17.1 Å². The fourth-order valence-electron chi connectivity index (χ4n) is 2.67. The summed E-state index contributed by atoms with van der Waals surface area (Å²) in [6.07, 6.45) is 0. The summed E-state index contributed by atoms with van der Waals surface area (Å²) in [5.74, 6) is -1.62. The van der Waals surface area contributed by atoms with Crippen LogP contribution in [0.4, 0.5) is 10.1 Å². The lowest BCUT2D eigenvalue weighted by Gasteiger charge is -2.10. The maximum Gasteiger partial charge on any atom is 0.336 e. The molecule has 6 nitrogen and oxygen atoms in total. The number of Topliss-reactive ketones (excluding diaryl/α,β-unsaturated/α-hetero) is 1. The Morgan fingerprint density at radius 1 is 1.21 bits per heavy atom. The first-order chi connectivity index (χ1) is 13.2. The van der Waals surface area contributed by atoms with Crippen molar-refractivity contribution < 1.29 is 23.1 Å². The molecule has 28 heavy (non-hydrogen) atoms. The molecule has 0 saturated carbocycles. The molecule has 1 amide bonds. The largest absolute Gasteiger partial charge is 0.484 e. The van der Waals surface area contributed by atoms with Gasteiger partial charge in [0.2, 0.25) is 11.7 Å². The lowest BCUT2D eigenvalue weighted by Crippen LogP contribution is -2.14. The van der Waals surface area contributed by atoms with Crippen LogP contribution in [0.1, 0.15) is 22.8 Å². The molecule has 1 N–H and O–H groups in total. The molecule has 0 radical (unpaired) electrons. The fourth-order valence-corrected chi connectivity index (χ4v) is 2.89. The first-order valence-corrected chi connectivity index (χ1v) is 8.59. The molecular weight excluding hydrogens is 389 g/mol. The molecule has 0 spiro atoms. The number of carbonyl (C=O) groups excluding carboxylic acids is 2. The predicted molar refractivity (Wildman–Crippen MR) is 103 cm³/mol. The van der Waals surface area contributed by atoms with Crippen LogP contribution in [-0.2, 0) is 4.79 Å². The van der Waals surface area contributed by atoms with Crippen molar-refractivity contribution in [1.29, 1.82) is 0 Å². The van der Waals surface area contributed by atoms with E-state index in [1.807, 2.05) is 0 Å². The number of fused-ring (bicyclic) bond motifs is 1. The fraction of sp³-hybridized carbons (Fsp3) is 0.150. The van der Waals surface area contributed by atoms with E-state index in [0.29, 0.717) is 10.9 Å². The van der Waals surface area contributed by atoms with Crippen molar-refractivity contribution in [3.63, 3.8) is 0 Å². The molecule has 3 aromatic rings. The number of carbonyl (C=O) groups is 2. The molecule has 1 aromatic heterocycles. The zero-order chi connectivity index (χ0) is 20.4. The smallest absolute Gasteiger partial charge is 0.336 e. The van der Waals surface area contributed by atoms with Crippen molar-refractivity contribution in [3.8, 4) is 5.75 Å². The average Bonchev–Trinajstić information content (AvgIpc) is 2.60. The van der Waals surface area contributed by atoms with E-state index >= 15 is 0 Å². The first-order valence-electron chi connectivity index (χ1n) is 8.22. The number of halogens is 2. The Bertz CT molecular complexity index is 1160. The second-order valence-corrected chi connectivity index (χ2v) is 6.52. The second kappa shape index (κ2) is 7.82. The number of anilines is 1. The minimum absolute atomic E-state index is 0.131. The quantitative estimate of drug-likeness (QED) is 0.511. The maximum absolute atomic E-state index is 14.1. The number of ketones is 1. The van der Waals surface area contributed by atoms with Gasteiger partial charge in [0.05, 0.1) is 10.6 Å². The van der Waals surface area contributed by atoms with Crippen LogP contribution in [0.25, 0.3) is 11.0 Å². The van der Waals surface area contributed by atoms with Gasteiger partial charge in [-0.2, -0.15) is 0 Å². The zero-order valence-electron chi connectivity index (χ0n) is 15.0. The van der Waals surface area contributed by atoms with Gasteiger partial charge in [-0.25, -0.2) is 9.18 Å². The molecule has 0 aliphatic heterocycles. The summed E-state index contributed by atoms with van der Waals surface area (Å²) in [6.45, 7) is 2.56. The van der Waals surface area contributed by atoms with Gasteiger partial charge in [0.25, 0.3) is 0 Å². The van der Waals surface area contributed by atoms with E-state index in [9.17, 15) is 18.8 Å². The third-order valence-electron chi connectivity index (χ3n) is 3.95. The number of nitrogens with one attached hydrogen (secondary N) is 1. The summed E-state index contributed by atoms with van der Waals surface area (Å²) in [5, 5.41) is 3.29. The highest BCUT2D eigenvalue weighted by Gasteiger charge is 2.15. The van der Waals surface area contributed by atoms with E-state index < -0.39 is 23.8 Å². The lowest BCUT2D eigenvalue weighted by atomic mass is 10.1. The summed E-state index contributed by atoms with van der Waals surface area (Å²) in [6, 6.07) is 8.05. The van der Waals surface area contributed by atoms with Gasteiger partial charge < -0.3 is 14.5 Å². The molecular formula is C20H15ClFNO5. The highest BCUT2D eigenvalue weighted by molar-refractivity contribution is 6.32. The summed E-state index contributed by atoms with van der Waals surface area (Å²) in [5.41, 5.74) is 0.495. The van der Waals surface area contributed by atoms with Crippen LogP contribution in [-0.4, -0.2) is 18.3 Å². The topological polar surface area (TPSA) is 85.6 Å². The Hall–Kier alpha value is -3.19. The molecule has 0 fully saturated rings. The normalized spacial score (nSPS) is 10.7. The van der Waals surface area contributed by atoms with Crippen LogP contribution < -0.4 is 15.7 Å². The monoisotopic (exact) mass is 403 g/mol. The molecule has 144 valence electrons. The van der Waals surface area contributed by atoms with Crippen molar-refractivity contribution in [2.45, 2.75) is 13.8 Å². The van der Waals surface area contributed by atoms with Crippen LogP contribution in [0.3, 0.4) is 0 Å². The predicted octanol–water partition coefficient (Wildman–Crippen LogP) is 4.11. The summed E-state index contributed by atoms with van der Waals surface area (Å²) in [4.78, 5) is 34.8. The molecule has 0 bridgehead atoms. The molecule has 0 saturated heterocycles. The van der Waals surface area contributed by atoms with E-state index in [2.05, 4.69) is 5.32 Å². The number of benzene rings is 2. The molecule has 3 rings (SSSR count). The van der Waals surface area contributed by atoms with E-state index in [-0.39, 0.29) is 33.5 Å². The minimum atomic E-state index is -0.786. The molecule has 0 aliphatic rings. The van der Waals surface area contributed by atoms with Crippen molar-refractivity contribution in [1.82, 2.24) is 0 Å². The minimum Gasteiger partial charge on any atom is -0.484 e. The lowest BCUT2D eigenvalue weighted by molar-refractivity contribution is -0.114. The van der Waals surface area contributed by atoms with Gasteiger partial charge >= 0.3 is 5.63 Å².